The molecule has 0 aliphatic carbocycles. The van der Waals surface area contributed by atoms with Crippen molar-refractivity contribution >= 4 is 0 Å². The summed E-state index contributed by atoms with van der Waals surface area (Å²) in [7, 11) is 1.76. The second-order valence-electron chi connectivity index (χ2n) is 5.34. The third-order valence-electron chi connectivity index (χ3n) is 4.05. The summed E-state index contributed by atoms with van der Waals surface area (Å²) in [6.07, 6.45) is 4.56. The van der Waals surface area contributed by atoms with Crippen LogP contribution in [0.3, 0.4) is 0 Å². The minimum atomic E-state index is 0.231. The number of hydrogen-bond donors (Lipinski definition) is 1. The molecule has 0 spiro atoms. The van der Waals surface area contributed by atoms with Gasteiger partial charge in [0.25, 0.3) is 0 Å². The Balaban J connectivity index is 2.48. The standard InChI is InChI=1S/C13H27NO2/c1-13(2)12(7-10-15)6-4-8-14(13)9-5-11-16-3/h12,15H,4-11H2,1-3H3. The molecule has 0 amide bonds. The van der Waals surface area contributed by atoms with E-state index < -0.39 is 0 Å². The smallest absolute Gasteiger partial charge is 0.0474 e. The molecule has 1 unspecified atom stereocenters. The first-order chi connectivity index (χ1) is 7.62. The van der Waals surface area contributed by atoms with E-state index in [1.165, 1.54) is 19.4 Å². The average Bonchev–Trinajstić information content (AvgIpc) is 2.24. The van der Waals surface area contributed by atoms with Crippen molar-refractivity contribution in [3.8, 4) is 0 Å². The molecule has 0 saturated carbocycles. The molecular formula is C13H27NO2. The first kappa shape index (κ1) is 13.9. The Morgan fingerprint density at radius 3 is 2.81 bits per heavy atom. The van der Waals surface area contributed by atoms with E-state index in [2.05, 4.69) is 18.7 Å². The van der Waals surface area contributed by atoms with Gasteiger partial charge in [-0.15, -0.1) is 0 Å². The number of likely N-dealkylation sites (tertiary alicyclic amines) is 1. The molecule has 0 aromatic carbocycles. The summed E-state index contributed by atoms with van der Waals surface area (Å²) >= 11 is 0. The predicted molar refractivity (Wildman–Crippen MR) is 66.6 cm³/mol. The highest BCUT2D eigenvalue weighted by atomic mass is 16.5. The van der Waals surface area contributed by atoms with Crippen LogP contribution in [0.25, 0.3) is 0 Å². The summed E-state index contributed by atoms with van der Waals surface area (Å²) in [5.41, 5.74) is 0.231. The SMILES string of the molecule is COCCCN1CCCC(CCO)C1(C)C. The van der Waals surface area contributed by atoms with Crippen molar-refractivity contribution in [3.05, 3.63) is 0 Å². The van der Waals surface area contributed by atoms with E-state index >= 15 is 0 Å². The molecule has 0 bridgehead atoms. The zero-order valence-electron chi connectivity index (χ0n) is 11.0. The average molecular weight is 229 g/mol. The van der Waals surface area contributed by atoms with E-state index in [0.29, 0.717) is 12.5 Å². The van der Waals surface area contributed by atoms with Gasteiger partial charge in [-0.2, -0.15) is 0 Å². The van der Waals surface area contributed by atoms with Crippen molar-refractivity contribution in [3.63, 3.8) is 0 Å². The number of piperidine rings is 1. The topological polar surface area (TPSA) is 32.7 Å². The van der Waals surface area contributed by atoms with Crippen LogP contribution in [0.2, 0.25) is 0 Å². The molecule has 3 heteroatoms. The number of ether oxygens (including phenoxy) is 1. The molecule has 0 aromatic heterocycles. The summed E-state index contributed by atoms with van der Waals surface area (Å²) < 4.78 is 5.11. The lowest BCUT2D eigenvalue weighted by molar-refractivity contribution is 0.00596. The van der Waals surface area contributed by atoms with Gasteiger partial charge in [0.15, 0.2) is 0 Å². The van der Waals surface area contributed by atoms with Crippen LogP contribution in [0.1, 0.15) is 39.5 Å². The van der Waals surface area contributed by atoms with Gasteiger partial charge in [0.1, 0.15) is 0 Å². The first-order valence-electron chi connectivity index (χ1n) is 6.47. The summed E-state index contributed by atoms with van der Waals surface area (Å²) in [6, 6.07) is 0. The highest BCUT2D eigenvalue weighted by Crippen LogP contribution is 2.35. The minimum Gasteiger partial charge on any atom is -0.396 e. The largest absolute Gasteiger partial charge is 0.396 e. The monoisotopic (exact) mass is 229 g/mol. The molecule has 16 heavy (non-hydrogen) atoms. The van der Waals surface area contributed by atoms with Crippen molar-refractivity contribution < 1.29 is 9.84 Å². The second kappa shape index (κ2) is 6.58. The van der Waals surface area contributed by atoms with Crippen LogP contribution in [0.5, 0.6) is 0 Å². The fraction of sp³-hybridized carbons (Fsp3) is 1.00. The van der Waals surface area contributed by atoms with Gasteiger partial charge in [-0.3, -0.25) is 4.90 Å². The molecule has 1 saturated heterocycles. The van der Waals surface area contributed by atoms with Crippen LogP contribution in [0.4, 0.5) is 0 Å². The van der Waals surface area contributed by atoms with E-state index in [9.17, 15) is 0 Å². The summed E-state index contributed by atoms with van der Waals surface area (Å²) in [6.45, 7) is 8.11. The zero-order valence-corrected chi connectivity index (χ0v) is 11.0. The molecule has 96 valence electrons. The molecule has 0 aromatic rings. The second-order valence-corrected chi connectivity index (χ2v) is 5.34. The van der Waals surface area contributed by atoms with Crippen molar-refractivity contribution in [1.29, 1.82) is 0 Å². The molecule has 1 aliphatic heterocycles. The Kier molecular flexibility index (Phi) is 5.73. The van der Waals surface area contributed by atoms with Gasteiger partial charge in [-0.1, -0.05) is 0 Å². The first-order valence-corrected chi connectivity index (χ1v) is 6.47. The van der Waals surface area contributed by atoms with Crippen LogP contribution < -0.4 is 0 Å². The van der Waals surface area contributed by atoms with Gasteiger partial charge >= 0.3 is 0 Å². The Morgan fingerprint density at radius 1 is 1.44 bits per heavy atom. The van der Waals surface area contributed by atoms with Crippen molar-refractivity contribution in [2.75, 3.05) is 33.4 Å². The van der Waals surface area contributed by atoms with Gasteiger partial charge in [0, 0.05) is 32.4 Å². The van der Waals surface area contributed by atoms with E-state index in [4.69, 9.17) is 9.84 Å². The molecule has 1 N–H and O–H groups in total. The normalized spacial score (nSPS) is 25.9. The maximum Gasteiger partial charge on any atom is 0.0474 e. The van der Waals surface area contributed by atoms with Crippen LogP contribution >= 0.6 is 0 Å². The fourth-order valence-electron chi connectivity index (χ4n) is 2.88. The van der Waals surface area contributed by atoms with Gasteiger partial charge < -0.3 is 9.84 Å². The number of hydrogen-bond acceptors (Lipinski definition) is 3. The number of methoxy groups -OCH3 is 1. The molecule has 0 radical (unpaired) electrons. The van der Waals surface area contributed by atoms with Gasteiger partial charge in [-0.05, 0) is 52.0 Å². The molecular weight excluding hydrogens is 202 g/mol. The molecule has 1 rings (SSSR count). The van der Waals surface area contributed by atoms with Crippen LogP contribution in [-0.2, 0) is 4.74 Å². The molecule has 1 heterocycles. The van der Waals surface area contributed by atoms with Crippen LogP contribution in [0.15, 0.2) is 0 Å². The highest BCUT2D eigenvalue weighted by Gasteiger charge is 2.37. The summed E-state index contributed by atoms with van der Waals surface area (Å²) in [4.78, 5) is 2.57. The molecule has 3 nitrogen and oxygen atoms in total. The number of rotatable bonds is 6. The Bertz CT molecular complexity index is 192. The third-order valence-corrected chi connectivity index (χ3v) is 4.05. The lowest BCUT2D eigenvalue weighted by Gasteiger charge is -2.48. The number of aliphatic hydroxyl groups is 1. The quantitative estimate of drug-likeness (QED) is 0.706. The number of nitrogens with zero attached hydrogens (tertiary/aromatic N) is 1. The number of aliphatic hydroxyl groups excluding tert-OH is 1. The van der Waals surface area contributed by atoms with Crippen LogP contribution in [-0.4, -0.2) is 49.0 Å². The molecule has 1 atom stereocenters. The third kappa shape index (κ3) is 3.44. The maximum atomic E-state index is 9.11. The van der Waals surface area contributed by atoms with Gasteiger partial charge in [0.2, 0.25) is 0 Å². The van der Waals surface area contributed by atoms with Crippen LogP contribution in [0, 0.1) is 5.92 Å². The lowest BCUT2D eigenvalue weighted by Crippen LogP contribution is -2.53. The van der Waals surface area contributed by atoms with Gasteiger partial charge in [-0.25, -0.2) is 0 Å². The fourth-order valence-corrected chi connectivity index (χ4v) is 2.88. The summed E-state index contributed by atoms with van der Waals surface area (Å²) in [5, 5.41) is 9.11. The Morgan fingerprint density at radius 2 is 2.19 bits per heavy atom. The molecule has 1 fully saturated rings. The summed E-state index contributed by atoms with van der Waals surface area (Å²) in [5.74, 6) is 0.633. The zero-order chi connectivity index (χ0) is 12.0. The van der Waals surface area contributed by atoms with Gasteiger partial charge in [0.05, 0.1) is 0 Å². The molecule has 1 aliphatic rings. The van der Waals surface area contributed by atoms with E-state index in [1.807, 2.05) is 0 Å². The minimum absolute atomic E-state index is 0.231. The Labute approximate surface area is 99.8 Å². The van der Waals surface area contributed by atoms with Crippen molar-refractivity contribution in [2.24, 2.45) is 5.92 Å². The van der Waals surface area contributed by atoms with E-state index in [-0.39, 0.29) is 5.54 Å². The highest BCUT2D eigenvalue weighted by molar-refractivity contribution is 4.92. The lowest BCUT2D eigenvalue weighted by atomic mass is 9.77. The Hall–Kier alpha value is -0.120. The van der Waals surface area contributed by atoms with E-state index in [1.54, 1.807) is 7.11 Å². The van der Waals surface area contributed by atoms with E-state index in [0.717, 1.165) is 26.0 Å². The van der Waals surface area contributed by atoms with Crippen molar-refractivity contribution in [2.45, 2.75) is 45.1 Å². The van der Waals surface area contributed by atoms with Crippen molar-refractivity contribution in [1.82, 2.24) is 4.90 Å². The predicted octanol–water partition coefficient (Wildman–Crippen LogP) is 1.90. The maximum absolute atomic E-state index is 9.11.